The minimum absolute atomic E-state index is 0.347. The summed E-state index contributed by atoms with van der Waals surface area (Å²) in [6.45, 7) is 6.65. The van der Waals surface area contributed by atoms with Crippen molar-refractivity contribution in [2.75, 3.05) is 11.1 Å². The van der Waals surface area contributed by atoms with Crippen LogP contribution >= 0.6 is 0 Å². The van der Waals surface area contributed by atoms with Crippen LogP contribution in [0, 0.1) is 18.8 Å². The van der Waals surface area contributed by atoms with E-state index in [0.717, 1.165) is 17.3 Å². The fraction of sp³-hybridized carbons (Fsp3) is 0.714. The van der Waals surface area contributed by atoms with E-state index in [1.54, 1.807) is 6.20 Å². The molecule has 4 nitrogen and oxygen atoms in total. The predicted molar refractivity (Wildman–Crippen MR) is 75.4 cm³/mol. The molecule has 18 heavy (non-hydrogen) atoms. The first kappa shape index (κ1) is 13.1. The van der Waals surface area contributed by atoms with E-state index in [0.29, 0.717) is 17.9 Å². The van der Waals surface area contributed by atoms with Crippen molar-refractivity contribution in [2.24, 2.45) is 11.8 Å². The highest BCUT2D eigenvalue weighted by molar-refractivity contribution is 5.46. The zero-order chi connectivity index (χ0) is 13.1. The highest BCUT2D eigenvalue weighted by Gasteiger charge is 2.27. The van der Waals surface area contributed by atoms with Crippen molar-refractivity contribution in [3.63, 3.8) is 0 Å². The summed E-state index contributed by atoms with van der Waals surface area (Å²) in [6.07, 6.45) is 6.99. The molecule has 1 saturated carbocycles. The summed E-state index contributed by atoms with van der Waals surface area (Å²) in [7, 11) is 0. The van der Waals surface area contributed by atoms with Gasteiger partial charge in [-0.15, -0.1) is 0 Å². The summed E-state index contributed by atoms with van der Waals surface area (Å²) < 4.78 is 0. The minimum atomic E-state index is 0.347. The van der Waals surface area contributed by atoms with Crippen molar-refractivity contribution in [2.45, 2.75) is 52.5 Å². The second-order valence-corrected chi connectivity index (χ2v) is 5.70. The van der Waals surface area contributed by atoms with E-state index in [1.807, 2.05) is 6.92 Å². The lowest BCUT2D eigenvalue weighted by molar-refractivity contribution is 0.253. The van der Waals surface area contributed by atoms with Gasteiger partial charge in [0.05, 0.1) is 0 Å². The normalized spacial score (nSPS) is 24.2. The number of rotatable bonds is 3. The molecule has 1 aromatic rings. The smallest absolute Gasteiger partial charge is 0.221 e. The van der Waals surface area contributed by atoms with E-state index in [2.05, 4.69) is 29.1 Å². The number of hydrogen-bond donors (Lipinski definition) is 2. The molecule has 100 valence electrons. The Balaban J connectivity index is 2.13. The molecule has 0 spiro atoms. The SMILES string of the molecule is Cc1cnc(N)nc1NC1CCCCC1C(C)C. The third kappa shape index (κ3) is 2.92. The summed E-state index contributed by atoms with van der Waals surface area (Å²) in [5.74, 6) is 2.69. The highest BCUT2D eigenvalue weighted by Crippen LogP contribution is 2.32. The number of hydrogen-bond acceptors (Lipinski definition) is 4. The molecule has 4 heteroatoms. The maximum Gasteiger partial charge on any atom is 0.221 e. The van der Waals surface area contributed by atoms with Crippen molar-refractivity contribution >= 4 is 11.8 Å². The van der Waals surface area contributed by atoms with E-state index in [4.69, 9.17) is 5.73 Å². The molecular weight excluding hydrogens is 224 g/mol. The molecule has 2 unspecified atom stereocenters. The molecule has 1 aliphatic rings. The second-order valence-electron chi connectivity index (χ2n) is 5.70. The molecule has 0 aromatic carbocycles. The Morgan fingerprint density at radius 1 is 1.33 bits per heavy atom. The zero-order valence-electron chi connectivity index (χ0n) is 11.6. The molecule has 1 fully saturated rings. The van der Waals surface area contributed by atoms with Crippen LogP contribution in [0.25, 0.3) is 0 Å². The van der Waals surface area contributed by atoms with Crippen LogP contribution in [0.1, 0.15) is 45.1 Å². The Bertz CT molecular complexity index is 403. The van der Waals surface area contributed by atoms with Gasteiger partial charge in [-0.05, 0) is 31.6 Å². The van der Waals surface area contributed by atoms with Crippen LogP contribution in [0.5, 0.6) is 0 Å². The second kappa shape index (κ2) is 5.55. The maximum absolute atomic E-state index is 5.66. The fourth-order valence-corrected chi connectivity index (χ4v) is 2.91. The van der Waals surface area contributed by atoms with Crippen LogP contribution < -0.4 is 11.1 Å². The third-order valence-electron chi connectivity index (χ3n) is 3.99. The Morgan fingerprint density at radius 2 is 2.06 bits per heavy atom. The first-order valence-corrected chi connectivity index (χ1v) is 6.93. The van der Waals surface area contributed by atoms with Crippen LogP contribution in [0.3, 0.4) is 0 Å². The van der Waals surface area contributed by atoms with Gasteiger partial charge in [-0.3, -0.25) is 0 Å². The summed E-state index contributed by atoms with van der Waals surface area (Å²) in [5.41, 5.74) is 6.73. The fourth-order valence-electron chi connectivity index (χ4n) is 2.91. The molecule has 1 heterocycles. The molecule has 1 aliphatic carbocycles. The molecule has 1 aromatic heterocycles. The molecule has 0 aliphatic heterocycles. The van der Waals surface area contributed by atoms with Crippen molar-refractivity contribution < 1.29 is 0 Å². The number of aryl methyl sites for hydroxylation is 1. The number of nitrogen functional groups attached to an aromatic ring is 1. The van der Waals surface area contributed by atoms with Crippen LogP contribution in [-0.4, -0.2) is 16.0 Å². The Kier molecular flexibility index (Phi) is 4.04. The Labute approximate surface area is 109 Å². The van der Waals surface area contributed by atoms with Crippen LogP contribution in [0.15, 0.2) is 6.20 Å². The number of nitrogens with one attached hydrogen (secondary N) is 1. The lowest BCUT2D eigenvalue weighted by Crippen LogP contribution is -2.35. The lowest BCUT2D eigenvalue weighted by atomic mass is 9.78. The number of aromatic nitrogens is 2. The van der Waals surface area contributed by atoms with Gasteiger partial charge in [-0.25, -0.2) is 4.98 Å². The van der Waals surface area contributed by atoms with E-state index in [-0.39, 0.29) is 0 Å². The number of nitrogens with two attached hydrogens (primary N) is 1. The molecule has 0 radical (unpaired) electrons. The van der Waals surface area contributed by atoms with Crippen molar-refractivity contribution in [3.05, 3.63) is 11.8 Å². The summed E-state index contributed by atoms with van der Waals surface area (Å²) in [6, 6.07) is 0.520. The van der Waals surface area contributed by atoms with Gasteiger partial charge in [0, 0.05) is 17.8 Å². The topological polar surface area (TPSA) is 63.8 Å². The Morgan fingerprint density at radius 3 is 2.78 bits per heavy atom. The van der Waals surface area contributed by atoms with Gasteiger partial charge in [-0.1, -0.05) is 26.7 Å². The Hall–Kier alpha value is -1.32. The minimum Gasteiger partial charge on any atom is -0.368 e. The van der Waals surface area contributed by atoms with Gasteiger partial charge >= 0.3 is 0 Å². The maximum atomic E-state index is 5.66. The van der Waals surface area contributed by atoms with Gasteiger partial charge in [-0.2, -0.15) is 4.98 Å². The zero-order valence-corrected chi connectivity index (χ0v) is 11.6. The molecule has 0 saturated heterocycles. The molecule has 2 rings (SSSR count). The van der Waals surface area contributed by atoms with Crippen molar-refractivity contribution in [3.8, 4) is 0 Å². The molecule has 0 bridgehead atoms. The van der Waals surface area contributed by atoms with Gasteiger partial charge < -0.3 is 11.1 Å². The molecular formula is C14H24N4. The van der Waals surface area contributed by atoms with Crippen LogP contribution in [-0.2, 0) is 0 Å². The van der Waals surface area contributed by atoms with Crippen molar-refractivity contribution in [1.82, 2.24) is 9.97 Å². The van der Waals surface area contributed by atoms with E-state index >= 15 is 0 Å². The van der Waals surface area contributed by atoms with Crippen molar-refractivity contribution in [1.29, 1.82) is 0 Å². The van der Waals surface area contributed by atoms with Crippen LogP contribution in [0.2, 0.25) is 0 Å². The van der Waals surface area contributed by atoms with Gasteiger partial charge in [0.15, 0.2) is 0 Å². The molecule has 0 amide bonds. The van der Waals surface area contributed by atoms with E-state index in [9.17, 15) is 0 Å². The molecule has 2 atom stereocenters. The monoisotopic (exact) mass is 248 g/mol. The first-order valence-electron chi connectivity index (χ1n) is 6.93. The standard InChI is InChI=1S/C14H24N4/c1-9(2)11-6-4-5-7-12(11)17-13-10(3)8-16-14(15)18-13/h8-9,11-12H,4-7H2,1-3H3,(H3,15,16,17,18). The number of nitrogens with zero attached hydrogens (tertiary/aromatic N) is 2. The molecule has 3 N–H and O–H groups in total. The summed E-state index contributed by atoms with van der Waals surface area (Å²) in [4.78, 5) is 8.33. The van der Waals surface area contributed by atoms with Gasteiger partial charge in [0.25, 0.3) is 0 Å². The van der Waals surface area contributed by atoms with E-state index in [1.165, 1.54) is 25.7 Å². The average Bonchev–Trinajstić information content (AvgIpc) is 2.34. The number of anilines is 2. The van der Waals surface area contributed by atoms with E-state index < -0.39 is 0 Å². The highest BCUT2D eigenvalue weighted by atomic mass is 15.1. The lowest BCUT2D eigenvalue weighted by Gasteiger charge is -2.35. The van der Waals surface area contributed by atoms with Gasteiger partial charge in [0.1, 0.15) is 5.82 Å². The predicted octanol–water partition coefficient (Wildman–Crippen LogP) is 2.99. The summed E-state index contributed by atoms with van der Waals surface area (Å²) >= 11 is 0. The van der Waals surface area contributed by atoms with Crippen LogP contribution in [0.4, 0.5) is 11.8 Å². The van der Waals surface area contributed by atoms with Gasteiger partial charge in [0.2, 0.25) is 5.95 Å². The summed E-state index contributed by atoms with van der Waals surface area (Å²) in [5, 5.41) is 3.59. The average molecular weight is 248 g/mol. The largest absolute Gasteiger partial charge is 0.368 e. The quantitative estimate of drug-likeness (QED) is 0.863. The first-order chi connectivity index (χ1) is 8.58. The third-order valence-corrected chi connectivity index (χ3v) is 3.99.